The summed E-state index contributed by atoms with van der Waals surface area (Å²) in [5.74, 6) is 3.13. The Labute approximate surface area is 200 Å². The molecule has 5 fully saturated rings. The zero-order chi connectivity index (χ0) is 22.8. The molecule has 6 nitrogen and oxygen atoms in total. The van der Waals surface area contributed by atoms with Crippen molar-refractivity contribution in [2.75, 3.05) is 23.4 Å². The first-order valence-electron chi connectivity index (χ1n) is 12.4. The number of aryl methyl sites for hydroxylation is 1. The van der Waals surface area contributed by atoms with E-state index < -0.39 is 9.84 Å². The lowest BCUT2D eigenvalue weighted by atomic mass is 9.49. The molecule has 2 N–H and O–H groups in total. The summed E-state index contributed by atoms with van der Waals surface area (Å²) < 4.78 is 23.6. The molecule has 1 aromatic rings. The van der Waals surface area contributed by atoms with Gasteiger partial charge in [0, 0.05) is 23.0 Å². The third-order valence-corrected chi connectivity index (χ3v) is 11.8. The lowest BCUT2D eigenvalue weighted by molar-refractivity contribution is -0.0564. The number of aliphatic imine (C=N–C) groups is 1. The Morgan fingerprint density at radius 3 is 2.48 bits per heavy atom. The fourth-order valence-electron chi connectivity index (χ4n) is 7.57. The van der Waals surface area contributed by atoms with Gasteiger partial charge < -0.3 is 10.6 Å². The summed E-state index contributed by atoms with van der Waals surface area (Å²) in [5, 5.41) is 7.29. The molecule has 33 heavy (non-hydrogen) atoms. The molecule has 178 valence electrons. The smallest absolute Gasteiger partial charge is 0.251 e. The molecule has 8 heteroatoms. The van der Waals surface area contributed by atoms with E-state index in [0.717, 1.165) is 47.1 Å². The topological polar surface area (TPSA) is 87.6 Å². The molecule has 1 aromatic carbocycles. The molecule has 0 aromatic heterocycles. The van der Waals surface area contributed by atoms with Crippen LogP contribution in [-0.2, 0) is 9.84 Å². The maximum Gasteiger partial charge on any atom is 0.251 e. The maximum atomic E-state index is 12.9. The predicted molar refractivity (Wildman–Crippen MR) is 134 cm³/mol. The van der Waals surface area contributed by atoms with Gasteiger partial charge in [-0.05, 0) is 92.7 Å². The predicted octanol–water partition coefficient (Wildman–Crippen LogP) is 4.01. The van der Waals surface area contributed by atoms with Crippen molar-refractivity contribution < 1.29 is 13.2 Å². The lowest BCUT2D eigenvalue weighted by Gasteiger charge is -2.57. The number of hydrogen-bond acceptors (Lipinski definition) is 6. The Balaban J connectivity index is 1.07. The van der Waals surface area contributed by atoms with Crippen LogP contribution in [0.15, 0.2) is 23.2 Å². The van der Waals surface area contributed by atoms with Crippen molar-refractivity contribution in [2.45, 2.75) is 63.2 Å². The minimum absolute atomic E-state index is 0.00821. The van der Waals surface area contributed by atoms with E-state index in [9.17, 15) is 13.2 Å². The summed E-state index contributed by atoms with van der Waals surface area (Å²) in [4.78, 5) is 17.5. The molecule has 2 heterocycles. The van der Waals surface area contributed by atoms with Crippen LogP contribution < -0.4 is 10.6 Å². The first kappa shape index (κ1) is 22.0. The van der Waals surface area contributed by atoms with E-state index in [1.54, 1.807) is 0 Å². The van der Waals surface area contributed by atoms with E-state index in [-0.39, 0.29) is 28.7 Å². The molecule has 4 aliphatic carbocycles. The molecule has 1 amide bonds. The Morgan fingerprint density at radius 2 is 1.82 bits per heavy atom. The highest BCUT2D eigenvalue weighted by Gasteiger charge is 2.50. The fraction of sp³-hybridized carbons (Fsp3) is 0.680. The van der Waals surface area contributed by atoms with Crippen molar-refractivity contribution in [1.82, 2.24) is 5.32 Å². The molecule has 4 bridgehead atoms. The van der Waals surface area contributed by atoms with Crippen LogP contribution in [0.4, 0.5) is 5.69 Å². The number of fused-ring (bicyclic) bond motifs is 1. The molecular formula is C25H33N3O3S2. The Kier molecular flexibility index (Phi) is 5.33. The zero-order valence-electron chi connectivity index (χ0n) is 19.2. The normalized spacial score (nSPS) is 37.6. The van der Waals surface area contributed by atoms with Crippen LogP contribution in [0.25, 0.3) is 0 Å². The Bertz CT molecular complexity index is 1080. The number of carbonyl (C=O) groups is 1. The van der Waals surface area contributed by atoms with Crippen LogP contribution in [0.3, 0.4) is 0 Å². The van der Waals surface area contributed by atoms with Crippen molar-refractivity contribution in [3.05, 3.63) is 29.3 Å². The number of nitrogens with zero attached hydrogens (tertiary/aromatic N) is 1. The first-order chi connectivity index (χ1) is 15.8. The number of carbonyl (C=O) groups excluding carboxylic acids is 1. The summed E-state index contributed by atoms with van der Waals surface area (Å²) in [7, 11) is -2.96. The average molecular weight is 488 g/mol. The van der Waals surface area contributed by atoms with Crippen molar-refractivity contribution in [3.8, 4) is 0 Å². The van der Waals surface area contributed by atoms with E-state index in [2.05, 4.69) is 15.6 Å². The molecule has 1 saturated heterocycles. The van der Waals surface area contributed by atoms with Crippen LogP contribution in [0, 0.1) is 30.1 Å². The minimum Gasteiger partial charge on any atom is -0.352 e. The average Bonchev–Trinajstić information content (AvgIpc) is 3.21. The quantitative estimate of drug-likeness (QED) is 0.655. The van der Waals surface area contributed by atoms with E-state index in [1.165, 1.54) is 50.3 Å². The molecule has 2 unspecified atom stereocenters. The van der Waals surface area contributed by atoms with Crippen LogP contribution in [-0.4, -0.2) is 48.8 Å². The van der Waals surface area contributed by atoms with Crippen LogP contribution >= 0.6 is 11.8 Å². The Hall–Kier alpha value is -1.54. The molecule has 0 radical (unpaired) electrons. The second kappa shape index (κ2) is 8.01. The van der Waals surface area contributed by atoms with Crippen LogP contribution in [0.2, 0.25) is 0 Å². The highest BCUT2D eigenvalue weighted by Crippen LogP contribution is 2.61. The number of benzene rings is 1. The second-order valence-corrected chi connectivity index (χ2v) is 14.7. The molecule has 7 rings (SSSR count). The maximum absolute atomic E-state index is 12.9. The van der Waals surface area contributed by atoms with Crippen LogP contribution in [0.1, 0.15) is 60.9 Å². The fourth-order valence-corrected chi connectivity index (χ4v) is 11.2. The van der Waals surface area contributed by atoms with Gasteiger partial charge in [0.2, 0.25) is 0 Å². The van der Waals surface area contributed by atoms with Gasteiger partial charge in [0.1, 0.15) is 0 Å². The number of amidine groups is 1. The van der Waals surface area contributed by atoms with Crippen molar-refractivity contribution in [2.24, 2.45) is 28.2 Å². The number of rotatable bonds is 5. The molecule has 0 spiro atoms. The van der Waals surface area contributed by atoms with E-state index in [1.807, 2.05) is 25.1 Å². The Morgan fingerprint density at radius 1 is 1.12 bits per heavy atom. The summed E-state index contributed by atoms with van der Waals surface area (Å²) in [6.45, 7) is 2.75. The van der Waals surface area contributed by atoms with Gasteiger partial charge in [0.05, 0.1) is 17.5 Å². The van der Waals surface area contributed by atoms with Gasteiger partial charge >= 0.3 is 0 Å². The molecule has 2 atom stereocenters. The number of amides is 1. The summed E-state index contributed by atoms with van der Waals surface area (Å²) in [6, 6.07) is 5.58. The van der Waals surface area contributed by atoms with Crippen molar-refractivity contribution in [1.29, 1.82) is 0 Å². The van der Waals surface area contributed by atoms with Gasteiger partial charge in [-0.3, -0.25) is 9.79 Å². The molecule has 6 aliphatic rings. The van der Waals surface area contributed by atoms with Gasteiger partial charge in [-0.25, -0.2) is 8.42 Å². The lowest BCUT2D eigenvalue weighted by Crippen LogP contribution is -2.47. The van der Waals surface area contributed by atoms with E-state index in [4.69, 9.17) is 0 Å². The van der Waals surface area contributed by atoms with Gasteiger partial charge in [-0.15, -0.1) is 0 Å². The van der Waals surface area contributed by atoms with Crippen LogP contribution in [0.5, 0.6) is 0 Å². The van der Waals surface area contributed by atoms with Crippen molar-refractivity contribution >= 4 is 38.4 Å². The number of sulfone groups is 1. The highest BCUT2D eigenvalue weighted by atomic mass is 32.2. The van der Waals surface area contributed by atoms with Gasteiger partial charge in [-0.1, -0.05) is 17.8 Å². The summed E-state index contributed by atoms with van der Waals surface area (Å²) in [6.07, 6.45) is 9.57. The monoisotopic (exact) mass is 487 g/mol. The third kappa shape index (κ3) is 4.33. The number of hydrogen-bond donors (Lipinski definition) is 2. The van der Waals surface area contributed by atoms with E-state index >= 15 is 0 Å². The van der Waals surface area contributed by atoms with Gasteiger partial charge in [0.15, 0.2) is 15.0 Å². The summed E-state index contributed by atoms with van der Waals surface area (Å²) >= 11 is 1.50. The highest BCUT2D eigenvalue weighted by molar-refractivity contribution is 8.15. The molecule has 2 aliphatic heterocycles. The number of anilines is 1. The second-order valence-electron chi connectivity index (χ2n) is 11.3. The summed E-state index contributed by atoms with van der Waals surface area (Å²) in [5.41, 5.74) is 3.02. The minimum atomic E-state index is -2.96. The number of thioether (sulfide) groups is 1. The largest absolute Gasteiger partial charge is 0.352 e. The first-order valence-corrected chi connectivity index (χ1v) is 15.1. The molecule has 4 saturated carbocycles. The third-order valence-electron chi connectivity index (χ3n) is 8.67. The zero-order valence-corrected chi connectivity index (χ0v) is 20.8. The number of nitrogens with one attached hydrogen (secondary N) is 2. The van der Waals surface area contributed by atoms with Gasteiger partial charge in [-0.2, -0.15) is 0 Å². The molecular weight excluding hydrogens is 454 g/mol. The SMILES string of the molecule is Cc1ccc(C(=O)NCCC23CC4CC(CC(C4)C2)C3)cc1NC1=NC2CS(=O)(=O)CC2S1. The van der Waals surface area contributed by atoms with Crippen molar-refractivity contribution in [3.63, 3.8) is 0 Å². The van der Waals surface area contributed by atoms with E-state index in [0.29, 0.717) is 11.0 Å². The van der Waals surface area contributed by atoms with Gasteiger partial charge in [0.25, 0.3) is 5.91 Å². The standard InChI is InChI=1S/C25H33N3O3S2/c1-15-2-3-19(9-20(15)27-24-28-21-13-33(30,31)14-22(21)32-24)23(29)26-5-4-25-10-16-6-17(11-25)8-18(7-16)12-25/h2-3,9,16-18,21-22H,4-8,10-14H2,1H3,(H,26,29)(H,27,28).